The summed E-state index contributed by atoms with van der Waals surface area (Å²) in [6.07, 6.45) is 0. The zero-order valence-electron chi connectivity index (χ0n) is 22.3. The summed E-state index contributed by atoms with van der Waals surface area (Å²) >= 11 is 0.996. The molecular weight excluding hydrogens is 524 g/mol. The lowest BCUT2D eigenvalue weighted by atomic mass is 10.2. The summed E-state index contributed by atoms with van der Waals surface area (Å²) < 4.78 is 3.15. The van der Waals surface area contributed by atoms with Crippen molar-refractivity contribution in [1.82, 2.24) is 9.36 Å². The number of carbonyl (C=O) groups excluding carboxylic acids is 2. The number of hydrogen-bond donors (Lipinski definition) is 3. The minimum absolute atomic E-state index is 0.156. The first kappa shape index (κ1) is 28.0. The molecule has 0 saturated heterocycles. The summed E-state index contributed by atoms with van der Waals surface area (Å²) in [5, 5.41) is 18.7. The fraction of sp³-hybridized carbons (Fsp3) is 0.133. The molecule has 2 amide bonds. The second-order valence-electron chi connectivity index (χ2n) is 8.90. The van der Waals surface area contributed by atoms with Gasteiger partial charge in [-0.2, -0.15) is 5.26 Å². The lowest BCUT2D eigenvalue weighted by Gasteiger charge is -2.14. The van der Waals surface area contributed by atoms with Crippen molar-refractivity contribution in [2.75, 3.05) is 21.7 Å². The molecule has 4 aromatic rings. The van der Waals surface area contributed by atoms with Gasteiger partial charge in [0.1, 0.15) is 17.3 Å². The number of nitriles is 1. The van der Waals surface area contributed by atoms with Crippen LogP contribution in [0.4, 0.5) is 17.1 Å². The minimum atomic E-state index is -0.610. The van der Waals surface area contributed by atoms with Crippen molar-refractivity contribution in [3.05, 3.63) is 117 Å². The Kier molecular flexibility index (Phi) is 8.89. The van der Waals surface area contributed by atoms with E-state index >= 15 is 0 Å². The van der Waals surface area contributed by atoms with Gasteiger partial charge in [0.15, 0.2) is 0 Å². The zero-order chi connectivity index (χ0) is 28.6. The number of benzene rings is 3. The minimum Gasteiger partial charge on any atom is -0.349 e. The van der Waals surface area contributed by atoms with E-state index in [9.17, 15) is 19.6 Å². The van der Waals surface area contributed by atoms with Crippen LogP contribution < -0.4 is 21.5 Å². The maximum atomic E-state index is 13.2. The molecule has 0 aliphatic carbocycles. The number of rotatable bonds is 9. The predicted octanol–water partition coefficient (Wildman–Crippen LogP) is 4.95. The third kappa shape index (κ3) is 6.51. The molecule has 0 spiro atoms. The molecule has 0 unspecified atom stereocenters. The van der Waals surface area contributed by atoms with Crippen molar-refractivity contribution in [3.8, 4) is 11.8 Å². The lowest BCUT2D eigenvalue weighted by Crippen LogP contribution is -2.24. The number of anilines is 3. The standard InChI is InChI=1S/C30H28N6O3S/c1-20-14-16-23(17-15-20)33-29(25(18-31)28(38)32-22-10-6-4-7-11-22)40-19-26(37)34-27-21(2)35(3)36(30(27)39)24-12-8-5-9-13-24/h4-17,33H,19H2,1-3H3,(H,32,38)(H,34,37). The second-order valence-corrected chi connectivity index (χ2v) is 9.89. The van der Waals surface area contributed by atoms with E-state index < -0.39 is 11.8 Å². The highest BCUT2D eigenvalue weighted by molar-refractivity contribution is 8.03. The number of hydrogen-bond acceptors (Lipinski definition) is 6. The molecule has 0 saturated carbocycles. The lowest BCUT2D eigenvalue weighted by molar-refractivity contribution is -0.114. The van der Waals surface area contributed by atoms with Gasteiger partial charge in [-0.15, -0.1) is 0 Å². The molecule has 9 nitrogen and oxygen atoms in total. The molecule has 0 aliphatic rings. The van der Waals surface area contributed by atoms with E-state index in [2.05, 4.69) is 16.0 Å². The summed E-state index contributed by atoms with van der Waals surface area (Å²) in [6, 6.07) is 27.3. The highest BCUT2D eigenvalue weighted by Crippen LogP contribution is 2.25. The first-order chi connectivity index (χ1) is 19.3. The van der Waals surface area contributed by atoms with E-state index in [1.54, 1.807) is 55.1 Å². The van der Waals surface area contributed by atoms with Crippen LogP contribution in [-0.4, -0.2) is 26.9 Å². The number of aromatic nitrogens is 2. The number of thioether (sulfide) groups is 1. The summed E-state index contributed by atoms with van der Waals surface area (Å²) in [4.78, 5) is 39.2. The average Bonchev–Trinajstić information content (AvgIpc) is 3.16. The SMILES string of the molecule is Cc1ccc(NC(SCC(=O)Nc2c(C)n(C)n(-c3ccccc3)c2=O)=C(C#N)C(=O)Nc2ccccc2)cc1. The van der Waals surface area contributed by atoms with E-state index in [0.29, 0.717) is 22.8 Å². The van der Waals surface area contributed by atoms with E-state index in [4.69, 9.17) is 0 Å². The van der Waals surface area contributed by atoms with E-state index in [1.165, 1.54) is 4.68 Å². The van der Waals surface area contributed by atoms with Gasteiger partial charge in [-0.05, 0) is 50.2 Å². The number of aryl methyl sites for hydroxylation is 1. The molecule has 10 heteroatoms. The first-order valence-corrected chi connectivity index (χ1v) is 13.4. The molecule has 0 aliphatic heterocycles. The normalized spacial score (nSPS) is 11.2. The smallest absolute Gasteiger partial charge is 0.295 e. The van der Waals surface area contributed by atoms with Crippen LogP contribution in [0.1, 0.15) is 11.3 Å². The van der Waals surface area contributed by atoms with Crippen LogP contribution >= 0.6 is 11.8 Å². The molecule has 0 radical (unpaired) electrons. The van der Waals surface area contributed by atoms with E-state index in [1.807, 2.05) is 61.5 Å². The van der Waals surface area contributed by atoms with Crippen molar-refractivity contribution in [2.45, 2.75) is 13.8 Å². The molecule has 4 rings (SSSR count). The maximum absolute atomic E-state index is 13.2. The second kappa shape index (κ2) is 12.7. The summed E-state index contributed by atoms with van der Waals surface area (Å²) in [5.74, 6) is -1.22. The monoisotopic (exact) mass is 552 g/mol. The van der Waals surface area contributed by atoms with Gasteiger partial charge in [0.05, 0.1) is 22.2 Å². The van der Waals surface area contributed by atoms with Crippen molar-refractivity contribution in [1.29, 1.82) is 5.26 Å². The Morgan fingerprint density at radius 2 is 1.45 bits per heavy atom. The molecule has 202 valence electrons. The summed E-state index contributed by atoms with van der Waals surface area (Å²) in [7, 11) is 1.74. The Morgan fingerprint density at radius 3 is 2.08 bits per heavy atom. The molecule has 0 bridgehead atoms. The molecule has 1 heterocycles. The number of nitrogens with zero attached hydrogens (tertiary/aromatic N) is 3. The zero-order valence-corrected chi connectivity index (χ0v) is 23.1. The summed E-state index contributed by atoms with van der Waals surface area (Å²) in [5.41, 5.74) is 3.11. The average molecular weight is 553 g/mol. The van der Waals surface area contributed by atoms with Crippen LogP contribution in [0, 0.1) is 25.2 Å². The Hall–Kier alpha value is -5.01. The van der Waals surface area contributed by atoms with Gasteiger partial charge in [-0.25, -0.2) is 4.68 Å². The van der Waals surface area contributed by atoms with Crippen LogP contribution in [0.2, 0.25) is 0 Å². The fourth-order valence-corrected chi connectivity index (χ4v) is 4.70. The number of para-hydroxylation sites is 2. The molecule has 40 heavy (non-hydrogen) atoms. The van der Waals surface area contributed by atoms with Crippen molar-refractivity contribution < 1.29 is 9.59 Å². The first-order valence-electron chi connectivity index (χ1n) is 12.4. The van der Waals surface area contributed by atoms with Gasteiger partial charge >= 0.3 is 0 Å². The van der Waals surface area contributed by atoms with Gasteiger partial charge < -0.3 is 16.0 Å². The van der Waals surface area contributed by atoms with Crippen molar-refractivity contribution in [2.24, 2.45) is 7.05 Å². The maximum Gasteiger partial charge on any atom is 0.295 e. The third-order valence-electron chi connectivity index (χ3n) is 6.07. The largest absolute Gasteiger partial charge is 0.349 e. The number of amides is 2. The van der Waals surface area contributed by atoms with Crippen LogP contribution in [0.25, 0.3) is 5.69 Å². The highest BCUT2D eigenvalue weighted by Gasteiger charge is 2.21. The quantitative estimate of drug-likeness (QED) is 0.200. The van der Waals surface area contributed by atoms with Gasteiger partial charge in [0.2, 0.25) is 5.91 Å². The van der Waals surface area contributed by atoms with Crippen LogP contribution in [0.3, 0.4) is 0 Å². The molecule has 1 aromatic heterocycles. The van der Waals surface area contributed by atoms with Gasteiger partial charge in [0.25, 0.3) is 11.5 Å². The Balaban J connectivity index is 1.57. The Labute approximate surface area is 236 Å². The van der Waals surface area contributed by atoms with Gasteiger partial charge in [-0.1, -0.05) is 65.9 Å². The van der Waals surface area contributed by atoms with Crippen LogP contribution in [0.5, 0.6) is 0 Å². The van der Waals surface area contributed by atoms with Crippen molar-refractivity contribution >= 4 is 40.6 Å². The van der Waals surface area contributed by atoms with Gasteiger partial charge in [0, 0.05) is 18.4 Å². The third-order valence-corrected chi connectivity index (χ3v) is 7.07. The predicted molar refractivity (Wildman–Crippen MR) is 159 cm³/mol. The molecule has 3 aromatic carbocycles. The topological polar surface area (TPSA) is 121 Å². The number of carbonyl (C=O) groups is 2. The van der Waals surface area contributed by atoms with E-state index in [0.717, 1.165) is 17.3 Å². The number of nitrogens with one attached hydrogen (secondary N) is 3. The van der Waals surface area contributed by atoms with Crippen LogP contribution in [0.15, 0.2) is 100 Å². The molecule has 3 N–H and O–H groups in total. The Morgan fingerprint density at radius 1 is 0.850 bits per heavy atom. The molecule has 0 fully saturated rings. The van der Waals surface area contributed by atoms with Crippen molar-refractivity contribution in [3.63, 3.8) is 0 Å². The highest BCUT2D eigenvalue weighted by atomic mass is 32.2. The van der Waals surface area contributed by atoms with Crippen LogP contribution in [-0.2, 0) is 16.6 Å². The fourth-order valence-electron chi connectivity index (χ4n) is 3.88. The molecule has 0 atom stereocenters. The Bertz CT molecular complexity index is 1650. The summed E-state index contributed by atoms with van der Waals surface area (Å²) in [6.45, 7) is 3.69. The molecular formula is C30H28N6O3S. The van der Waals surface area contributed by atoms with E-state index in [-0.39, 0.29) is 27.6 Å². The van der Waals surface area contributed by atoms with Gasteiger partial charge in [-0.3, -0.25) is 19.1 Å².